The Morgan fingerprint density at radius 2 is 1.86 bits per heavy atom. The standard InChI is InChI=1S/C15H9BrN2O2S/c16-12-8-11-9-4-1-2-6-13(9)21(19,20)18-15(11)14-10(12)5-3-7-17-14/h1-8,18H. The summed E-state index contributed by atoms with van der Waals surface area (Å²) in [7, 11) is -3.57. The summed E-state index contributed by atoms with van der Waals surface area (Å²) in [6.45, 7) is 0. The molecule has 2 aromatic carbocycles. The number of nitrogens with zero attached hydrogens (tertiary/aromatic N) is 1. The number of sulfonamides is 1. The average molecular weight is 361 g/mol. The van der Waals surface area contributed by atoms with Crippen molar-refractivity contribution in [2.45, 2.75) is 4.90 Å². The molecule has 0 unspecified atom stereocenters. The third-order valence-corrected chi connectivity index (χ3v) is 5.61. The number of halogens is 1. The molecule has 104 valence electrons. The third-order valence-electron chi connectivity index (χ3n) is 3.55. The highest BCUT2D eigenvalue weighted by molar-refractivity contribution is 9.10. The monoisotopic (exact) mass is 360 g/mol. The van der Waals surface area contributed by atoms with Crippen LogP contribution in [-0.2, 0) is 10.0 Å². The Morgan fingerprint density at radius 3 is 2.71 bits per heavy atom. The van der Waals surface area contributed by atoms with E-state index in [1.165, 1.54) is 0 Å². The predicted octanol–water partition coefficient (Wildman–Crippen LogP) is 3.78. The van der Waals surface area contributed by atoms with Crippen molar-refractivity contribution >= 4 is 42.5 Å². The molecule has 1 N–H and O–H groups in total. The normalized spacial score (nSPS) is 15.1. The highest BCUT2D eigenvalue weighted by Gasteiger charge is 2.29. The summed E-state index contributed by atoms with van der Waals surface area (Å²) in [4.78, 5) is 4.63. The first-order valence-corrected chi connectivity index (χ1v) is 8.55. The van der Waals surface area contributed by atoms with E-state index in [1.54, 1.807) is 18.3 Å². The van der Waals surface area contributed by atoms with Crippen LogP contribution in [0.3, 0.4) is 0 Å². The van der Waals surface area contributed by atoms with Gasteiger partial charge in [0.1, 0.15) is 0 Å². The molecular formula is C15H9BrN2O2S. The van der Waals surface area contributed by atoms with Crippen LogP contribution in [0.2, 0.25) is 0 Å². The molecule has 21 heavy (non-hydrogen) atoms. The molecule has 0 atom stereocenters. The van der Waals surface area contributed by atoms with Crippen molar-refractivity contribution in [3.8, 4) is 11.1 Å². The lowest BCUT2D eigenvalue weighted by molar-refractivity contribution is 0.601. The minimum Gasteiger partial charge on any atom is -0.277 e. The Hall–Kier alpha value is -1.92. The van der Waals surface area contributed by atoms with Crippen molar-refractivity contribution in [2.24, 2.45) is 0 Å². The molecule has 0 fully saturated rings. The topological polar surface area (TPSA) is 59.1 Å². The number of nitrogens with one attached hydrogen (secondary N) is 1. The number of rotatable bonds is 0. The van der Waals surface area contributed by atoms with Crippen LogP contribution in [0.5, 0.6) is 0 Å². The first-order chi connectivity index (χ1) is 10.1. The molecule has 4 rings (SSSR count). The fraction of sp³-hybridized carbons (Fsp3) is 0. The zero-order valence-corrected chi connectivity index (χ0v) is 13.1. The smallest absolute Gasteiger partial charge is 0.262 e. The van der Waals surface area contributed by atoms with Crippen molar-refractivity contribution in [1.82, 2.24) is 4.98 Å². The lowest BCUT2D eigenvalue weighted by Gasteiger charge is -2.23. The summed E-state index contributed by atoms with van der Waals surface area (Å²) in [5.41, 5.74) is 2.70. The van der Waals surface area contributed by atoms with Crippen molar-refractivity contribution in [1.29, 1.82) is 0 Å². The van der Waals surface area contributed by atoms with Gasteiger partial charge in [0, 0.05) is 27.2 Å². The summed E-state index contributed by atoms with van der Waals surface area (Å²) in [5, 5.41) is 0.873. The van der Waals surface area contributed by atoms with Crippen LogP contribution in [-0.4, -0.2) is 13.4 Å². The predicted molar refractivity (Wildman–Crippen MR) is 85.7 cm³/mol. The number of pyridine rings is 1. The summed E-state index contributed by atoms with van der Waals surface area (Å²) in [5.74, 6) is 0. The van der Waals surface area contributed by atoms with E-state index in [-0.39, 0.29) is 0 Å². The summed E-state index contributed by atoms with van der Waals surface area (Å²) in [6.07, 6.45) is 1.66. The second kappa shape index (κ2) is 4.29. The van der Waals surface area contributed by atoms with Gasteiger partial charge in [-0.1, -0.05) is 40.2 Å². The van der Waals surface area contributed by atoms with E-state index in [0.717, 1.165) is 15.4 Å². The molecule has 0 saturated heterocycles. The summed E-state index contributed by atoms with van der Waals surface area (Å²) >= 11 is 3.54. The molecule has 4 nitrogen and oxygen atoms in total. The molecule has 1 aliphatic heterocycles. The number of benzene rings is 2. The van der Waals surface area contributed by atoms with Crippen LogP contribution in [0.1, 0.15) is 0 Å². The van der Waals surface area contributed by atoms with Gasteiger partial charge in [0.25, 0.3) is 10.0 Å². The maximum atomic E-state index is 12.4. The SMILES string of the molecule is O=S1(=O)Nc2c(cc(Br)c3cccnc23)-c2ccccc21. The average Bonchev–Trinajstić information content (AvgIpc) is 2.49. The third kappa shape index (κ3) is 1.79. The highest BCUT2D eigenvalue weighted by atomic mass is 79.9. The molecule has 0 radical (unpaired) electrons. The molecule has 1 aliphatic rings. The second-order valence-electron chi connectivity index (χ2n) is 4.78. The van der Waals surface area contributed by atoms with Crippen LogP contribution in [0.15, 0.2) is 58.0 Å². The molecule has 0 spiro atoms. The van der Waals surface area contributed by atoms with Gasteiger partial charge in [-0.2, -0.15) is 0 Å². The van der Waals surface area contributed by atoms with Gasteiger partial charge in [0.2, 0.25) is 0 Å². The maximum absolute atomic E-state index is 12.4. The van der Waals surface area contributed by atoms with Crippen LogP contribution in [0.4, 0.5) is 5.69 Å². The van der Waals surface area contributed by atoms with Gasteiger partial charge >= 0.3 is 0 Å². The number of hydrogen-bond donors (Lipinski definition) is 1. The first-order valence-electron chi connectivity index (χ1n) is 6.27. The Bertz CT molecular complexity index is 1000. The molecule has 0 aliphatic carbocycles. The van der Waals surface area contributed by atoms with Gasteiger partial charge in [0.05, 0.1) is 16.1 Å². The van der Waals surface area contributed by atoms with Gasteiger partial charge < -0.3 is 0 Å². The van der Waals surface area contributed by atoms with Gasteiger partial charge in [-0.25, -0.2) is 8.42 Å². The molecule has 0 amide bonds. The molecule has 1 aromatic heterocycles. The molecule has 6 heteroatoms. The lowest BCUT2D eigenvalue weighted by atomic mass is 10.0. The largest absolute Gasteiger partial charge is 0.277 e. The zero-order valence-electron chi connectivity index (χ0n) is 10.7. The van der Waals surface area contributed by atoms with E-state index in [2.05, 4.69) is 25.6 Å². The van der Waals surface area contributed by atoms with Crippen LogP contribution in [0, 0.1) is 0 Å². The quantitative estimate of drug-likeness (QED) is 0.663. The fourth-order valence-electron chi connectivity index (χ4n) is 2.63. The molecule has 0 saturated carbocycles. The highest BCUT2D eigenvalue weighted by Crippen LogP contribution is 2.44. The van der Waals surface area contributed by atoms with Crippen molar-refractivity contribution in [3.05, 3.63) is 53.1 Å². The number of fused-ring (bicyclic) bond motifs is 5. The van der Waals surface area contributed by atoms with Gasteiger partial charge in [-0.3, -0.25) is 9.71 Å². The second-order valence-corrected chi connectivity index (χ2v) is 7.29. The van der Waals surface area contributed by atoms with Gasteiger partial charge in [0.15, 0.2) is 0 Å². The van der Waals surface area contributed by atoms with E-state index in [0.29, 0.717) is 21.7 Å². The van der Waals surface area contributed by atoms with Crippen molar-refractivity contribution < 1.29 is 8.42 Å². The number of aromatic nitrogens is 1. The van der Waals surface area contributed by atoms with Crippen LogP contribution < -0.4 is 4.72 Å². The fourth-order valence-corrected chi connectivity index (χ4v) is 4.49. The van der Waals surface area contributed by atoms with E-state index >= 15 is 0 Å². The number of hydrogen-bond acceptors (Lipinski definition) is 3. The van der Waals surface area contributed by atoms with Crippen molar-refractivity contribution in [3.63, 3.8) is 0 Å². The zero-order chi connectivity index (χ0) is 14.6. The minimum absolute atomic E-state index is 0.291. The minimum atomic E-state index is -3.57. The van der Waals surface area contributed by atoms with E-state index in [4.69, 9.17) is 0 Å². The van der Waals surface area contributed by atoms with Crippen LogP contribution in [0.25, 0.3) is 22.0 Å². The van der Waals surface area contributed by atoms with Crippen molar-refractivity contribution in [2.75, 3.05) is 4.72 Å². The molecular weight excluding hydrogens is 352 g/mol. The maximum Gasteiger partial charge on any atom is 0.262 e. The van der Waals surface area contributed by atoms with Crippen LogP contribution >= 0.6 is 15.9 Å². The van der Waals surface area contributed by atoms with E-state index in [1.807, 2.05) is 30.3 Å². The number of anilines is 1. The Kier molecular flexibility index (Phi) is 2.61. The summed E-state index contributed by atoms with van der Waals surface area (Å²) in [6, 6.07) is 12.6. The van der Waals surface area contributed by atoms with E-state index in [9.17, 15) is 8.42 Å². The van der Waals surface area contributed by atoms with E-state index < -0.39 is 10.0 Å². The molecule has 3 aromatic rings. The van der Waals surface area contributed by atoms with Gasteiger partial charge in [-0.15, -0.1) is 0 Å². The lowest BCUT2D eigenvalue weighted by Crippen LogP contribution is -2.19. The Balaban J connectivity index is 2.21. The Morgan fingerprint density at radius 1 is 1.05 bits per heavy atom. The Labute approximate surface area is 130 Å². The summed E-state index contributed by atoms with van der Waals surface area (Å²) < 4.78 is 28.4. The first kappa shape index (κ1) is 12.8. The van der Waals surface area contributed by atoms with Gasteiger partial charge in [-0.05, 0) is 18.2 Å². The molecule has 0 bridgehead atoms. The molecule has 2 heterocycles.